The Hall–Kier alpha value is -2.21. The summed E-state index contributed by atoms with van der Waals surface area (Å²) in [4.78, 5) is 14.1. The average Bonchev–Trinajstić information content (AvgIpc) is 2.64. The Bertz CT molecular complexity index is 729. The first-order valence-corrected chi connectivity index (χ1v) is 8.47. The van der Waals surface area contributed by atoms with Crippen LogP contribution in [0.4, 0.5) is 4.39 Å². The molecular formula is C18H19ClFN3O2. The van der Waals surface area contributed by atoms with Crippen LogP contribution in [0.25, 0.3) is 0 Å². The normalized spacial score (nSPS) is 16.5. The molecule has 0 bridgehead atoms. The summed E-state index contributed by atoms with van der Waals surface area (Å²) in [7, 11) is 1.48. The van der Waals surface area contributed by atoms with Gasteiger partial charge in [-0.1, -0.05) is 23.7 Å². The van der Waals surface area contributed by atoms with Gasteiger partial charge in [-0.2, -0.15) is 0 Å². The number of likely N-dealkylation sites (tertiary alicyclic amines) is 1. The van der Waals surface area contributed by atoms with E-state index in [1.807, 2.05) is 12.1 Å². The van der Waals surface area contributed by atoms with E-state index in [9.17, 15) is 4.79 Å². The molecule has 1 aliphatic rings. The molecule has 25 heavy (non-hydrogen) atoms. The predicted molar refractivity (Wildman–Crippen MR) is 92.7 cm³/mol. The van der Waals surface area contributed by atoms with Gasteiger partial charge in [0.25, 0.3) is 5.91 Å². The molecule has 0 radical (unpaired) electrons. The molecule has 132 valence electrons. The average molecular weight is 364 g/mol. The van der Waals surface area contributed by atoms with Crippen LogP contribution in [0.1, 0.15) is 28.9 Å². The number of amides is 1. The van der Waals surface area contributed by atoms with Gasteiger partial charge in [0, 0.05) is 30.6 Å². The third-order valence-corrected chi connectivity index (χ3v) is 4.70. The van der Waals surface area contributed by atoms with Gasteiger partial charge in [-0.15, -0.1) is 10.2 Å². The molecule has 1 aromatic carbocycles. The van der Waals surface area contributed by atoms with Crippen molar-refractivity contribution in [3.05, 3.63) is 52.7 Å². The van der Waals surface area contributed by atoms with E-state index >= 15 is 4.39 Å². The van der Waals surface area contributed by atoms with Crippen molar-refractivity contribution >= 4 is 17.5 Å². The summed E-state index contributed by atoms with van der Waals surface area (Å²) in [5.41, 5.74) is -0.159. The predicted octanol–water partition coefficient (Wildman–Crippen LogP) is 3.33. The maximum atomic E-state index is 15.1. The van der Waals surface area contributed by atoms with Gasteiger partial charge in [-0.3, -0.25) is 4.79 Å². The van der Waals surface area contributed by atoms with Crippen molar-refractivity contribution < 1.29 is 13.9 Å². The van der Waals surface area contributed by atoms with E-state index in [4.69, 9.17) is 16.3 Å². The molecule has 1 amide bonds. The van der Waals surface area contributed by atoms with Crippen molar-refractivity contribution in [3.63, 3.8) is 0 Å². The monoisotopic (exact) mass is 363 g/mol. The maximum absolute atomic E-state index is 15.1. The molecule has 0 spiro atoms. The van der Waals surface area contributed by atoms with Crippen LogP contribution in [-0.4, -0.2) is 46.9 Å². The van der Waals surface area contributed by atoms with Crippen molar-refractivity contribution in [2.45, 2.75) is 24.9 Å². The summed E-state index contributed by atoms with van der Waals surface area (Å²) in [6.45, 7) is 0.716. The van der Waals surface area contributed by atoms with Gasteiger partial charge in [0.05, 0.1) is 7.11 Å². The summed E-state index contributed by atoms with van der Waals surface area (Å²) < 4.78 is 20.0. The molecule has 5 nitrogen and oxygen atoms in total. The zero-order valence-electron chi connectivity index (χ0n) is 13.9. The molecule has 1 aromatic heterocycles. The highest BCUT2D eigenvalue weighted by molar-refractivity contribution is 6.30. The summed E-state index contributed by atoms with van der Waals surface area (Å²) in [6, 6.07) is 10.4. The fraction of sp³-hybridized carbons (Fsp3) is 0.389. The molecular weight excluding hydrogens is 345 g/mol. The standard InChI is InChI=1S/C18H19ClFN3O2/c1-25-16-7-6-15(21-22-16)17(24)23-10-8-18(20,9-11-23)12-13-2-4-14(19)5-3-13/h2-7H,8-12H2,1H3. The van der Waals surface area contributed by atoms with Gasteiger partial charge in [-0.25, -0.2) is 4.39 Å². The summed E-state index contributed by atoms with van der Waals surface area (Å²) in [5.74, 6) is 0.115. The van der Waals surface area contributed by atoms with E-state index in [2.05, 4.69) is 10.2 Å². The molecule has 1 fully saturated rings. The number of rotatable bonds is 4. The van der Waals surface area contributed by atoms with E-state index in [1.165, 1.54) is 7.11 Å². The quantitative estimate of drug-likeness (QED) is 0.836. The second kappa shape index (κ2) is 7.35. The number of alkyl halides is 1. The molecule has 0 aliphatic carbocycles. The highest BCUT2D eigenvalue weighted by atomic mass is 35.5. The van der Waals surface area contributed by atoms with Crippen LogP contribution >= 0.6 is 11.6 Å². The number of carbonyl (C=O) groups is 1. The molecule has 3 rings (SSSR count). The topological polar surface area (TPSA) is 55.3 Å². The van der Waals surface area contributed by atoms with Crippen LogP contribution < -0.4 is 4.74 Å². The lowest BCUT2D eigenvalue weighted by Gasteiger charge is -2.36. The van der Waals surface area contributed by atoms with Gasteiger partial charge in [0.15, 0.2) is 5.69 Å². The first-order chi connectivity index (χ1) is 12.0. The summed E-state index contributed by atoms with van der Waals surface area (Å²) in [5, 5.41) is 8.30. The van der Waals surface area contributed by atoms with Gasteiger partial charge in [0.1, 0.15) is 5.67 Å². The molecule has 1 aliphatic heterocycles. The second-order valence-electron chi connectivity index (χ2n) is 6.21. The van der Waals surface area contributed by atoms with E-state index in [1.54, 1.807) is 29.2 Å². The van der Waals surface area contributed by atoms with E-state index in [-0.39, 0.29) is 11.6 Å². The minimum atomic E-state index is -1.31. The molecule has 0 unspecified atom stereocenters. The number of benzene rings is 1. The van der Waals surface area contributed by atoms with Crippen LogP contribution in [0.5, 0.6) is 5.88 Å². The third kappa shape index (κ3) is 4.25. The lowest BCUT2D eigenvalue weighted by Crippen LogP contribution is -2.45. The number of methoxy groups -OCH3 is 1. The fourth-order valence-corrected chi connectivity index (χ4v) is 3.09. The van der Waals surface area contributed by atoms with Crippen molar-refractivity contribution in [2.75, 3.05) is 20.2 Å². The van der Waals surface area contributed by atoms with Crippen molar-refractivity contribution in [3.8, 4) is 5.88 Å². The highest BCUT2D eigenvalue weighted by Crippen LogP contribution is 2.31. The Balaban J connectivity index is 1.60. The van der Waals surface area contributed by atoms with Crippen molar-refractivity contribution in [2.24, 2.45) is 0 Å². The number of hydrogen-bond donors (Lipinski definition) is 0. The molecule has 1 saturated heterocycles. The molecule has 0 N–H and O–H groups in total. The van der Waals surface area contributed by atoms with Crippen LogP contribution in [0.3, 0.4) is 0 Å². The maximum Gasteiger partial charge on any atom is 0.274 e. The second-order valence-corrected chi connectivity index (χ2v) is 6.64. The van der Waals surface area contributed by atoms with Crippen molar-refractivity contribution in [1.82, 2.24) is 15.1 Å². The van der Waals surface area contributed by atoms with Gasteiger partial charge in [-0.05, 0) is 36.6 Å². The first kappa shape index (κ1) is 17.6. The highest BCUT2D eigenvalue weighted by Gasteiger charge is 2.36. The summed E-state index contributed by atoms with van der Waals surface area (Å²) in [6.07, 6.45) is 0.921. The van der Waals surface area contributed by atoms with Crippen LogP contribution in [0.2, 0.25) is 5.02 Å². The lowest BCUT2D eigenvalue weighted by atomic mass is 9.87. The summed E-state index contributed by atoms with van der Waals surface area (Å²) >= 11 is 5.86. The number of aromatic nitrogens is 2. The van der Waals surface area contributed by atoms with Crippen LogP contribution in [-0.2, 0) is 6.42 Å². The van der Waals surface area contributed by atoms with E-state index < -0.39 is 5.67 Å². The first-order valence-electron chi connectivity index (χ1n) is 8.09. The Morgan fingerprint density at radius 3 is 2.44 bits per heavy atom. The Kier molecular flexibility index (Phi) is 5.18. The zero-order valence-corrected chi connectivity index (χ0v) is 14.7. The number of piperidine rings is 1. The molecule has 7 heteroatoms. The Morgan fingerprint density at radius 1 is 1.20 bits per heavy atom. The van der Waals surface area contributed by atoms with Gasteiger partial charge >= 0.3 is 0 Å². The largest absolute Gasteiger partial charge is 0.480 e. The van der Waals surface area contributed by atoms with Crippen LogP contribution in [0.15, 0.2) is 36.4 Å². The van der Waals surface area contributed by atoms with Gasteiger partial charge in [0.2, 0.25) is 5.88 Å². The number of ether oxygens (including phenoxy) is 1. The fourth-order valence-electron chi connectivity index (χ4n) is 2.96. The number of nitrogens with zero attached hydrogens (tertiary/aromatic N) is 3. The molecule has 0 saturated carbocycles. The van der Waals surface area contributed by atoms with Gasteiger partial charge < -0.3 is 9.64 Å². The van der Waals surface area contributed by atoms with Crippen LogP contribution in [0, 0.1) is 0 Å². The zero-order chi connectivity index (χ0) is 17.9. The minimum Gasteiger partial charge on any atom is -0.480 e. The van der Waals surface area contributed by atoms with E-state index in [0.717, 1.165) is 5.56 Å². The number of hydrogen-bond acceptors (Lipinski definition) is 4. The SMILES string of the molecule is COc1ccc(C(=O)N2CCC(F)(Cc3ccc(Cl)cc3)CC2)nn1. The minimum absolute atomic E-state index is 0.233. The third-order valence-electron chi connectivity index (χ3n) is 4.45. The smallest absolute Gasteiger partial charge is 0.274 e. The molecule has 0 atom stereocenters. The van der Waals surface area contributed by atoms with E-state index in [0.29, 0.717) is 43.3 Å². The van der Waals surface area contributed by atoms with Crippen molar-refractivity contribution in [1.29, 1.82) is 0 Å². The number of halogens is 2. The molecule has 2 heterocycles. The lowest BCUT2D eigenvalue weighted by molar-refractivity contribution is 0.0432. The molecule has 2 aromatic rings. The Labute approximate surface area is 150 Å². The Morgan fingerprint density at radius 2 is 1.88 bits per heavy atom. The number of carbonyl (C=O) groups excluding carboxylic acids is 1.